The van der Waals surface area contributed by atoms with Crippen LogP contribution in [0.1, 0.15) is 12.0 Å². The number of aliphatic carboxylic acids is 1. The normalized spacial score (nSPS) is 11.1. The minimum Gasteiger partial charge on any atom is -0.550 e. The molecule has 0 amide bonds. The Morgan fingerprint density at radius 2 is 1.50 bits per heavy atom. The zero-order valence-electron chi connectivity index (χ0n) is 11.3. The first-order chi connectivity index (χ1) is 9.68. The SMILES string of the molecule is C[n+]1c2ccccc2c(CCC(=O)[O-])c2ccccc21. The highest BCUT2D eigenvalue weighted by atomic mass is 16.4. The minimum absolute atomic E-state index is 0.0434. The zero-order valence-corrected chi connectivity index (χ0v) is 11.3. The van der Waals surface area contributed by atoms with Gasteiger partial charge in [-0.05, 0) is 30.5 Å². The van der Waals surface area contributed by atoms with Crippen molar-refractivity contribution in [3.8, 4) is 0 Å². The smallest absolute Gasteiger partial charge is 0.213 e. The number of pyridine rings is 1. The van der Waals surface area contributed by atoms with Gasteiger partial charge in [-0.1, -0.05) is 24.3 Å². The average Bonchev–Trinajstić information content (AvgIpc) is 2.47. The van der Waals surface area contributed by atoms with Crippen LogP contribution >= 0.6 is 0 Å². The fourth-order valence-electron chi connectivity index (χ4n) is 2.81. The van der Waals surface area contributed by atoms with Crippen LogP contribution in [0.2, 0.25) is 0 Å². The van der Waals surface area contributed by atoms with Crippen LogP contribution in [0.4, 0.5) is 0 Å². The topological polar surface area (TPSA) is 44.0 Å². The second-order valence-electron chi connectivity index (χ2n) is 4.94. The number of hydrogen-bond donors (Lipinski definition) is 0. The Morgan fingerprint density at radius 1 is 1.00 bits per heavy atom. The maximum atomic E-state index is 10.8. The lowest BCUT2D eigenvalue weighted by Crippen LogP contribution is -2.31. The molecule has 3 rings (SSSR count). The number of hydrogen-bond acceptors (Lipinski definition) is 2. The summed E-state index contributed by atoms with van der Waals surface area (Å²) in [5.41, 5.74) is 3.30. The minimum atomic E-state index is -1.01. The largest absolute Gasteiger partial charge is 0.550 e. The molecular formula is C17H15NO2. The molecule has 0 aliphatic heterocycles. The number of benzene rings is 2. The molecule has 0 spiro atoms. The Labute approximate surface area is 117 Å². The fourth-order valence-corrected chi connectivity index (χ4v) is 2.81. The highest BCUT2D eigenvalue weighted by Gasteiger charge is 2.16. The van der Waals surface area contributed by atoms with Crippen molar-refractivity contribution in [1.29, 1.82) is 0 Å². The van der Waals surface area contributed by atoms with E-state index in [0.29, 0.717) is 6.42 Å². The predicted octanol–water partition coefficient (Wildman–Crippen LogP) is 1.50. The van der Waals surface area contributed by atoms with Gasteiger partial charge >= 0.3 is 0 Å². The Hall–Kier alpha value is -2.42. The van der Waals surface area contributed by atoms with E-state index in [1.54, 1.807) is 0 Å². The highest BCUT2D eigenvalue weighted by Crippen LogP contribution is 2.25. The van der Waals surface area contributed by atoms with Crippen molar-refractivity contribution in [2.24, 2.45) is 7.05 Å². The second-order valence-corrected chi connectivity index (χ2v) is 4.94. The van der Waals surface area contributed by atoms with E-state index in [0.717, 1.165) is 27.4 Å². The third-order valence-electron chi connectivity index (χ3n) is 3.76. The molecular weight excluding hydrogens is 250 g/mol. The molecule has 0 unspecified atom stereocenters. The molecule has 0 aliphatic rings. The number of carbonyl (C=O) groups is 1. The first-order valence-electron chi connectivity index (χ1n) is 6.66. The number of aryl methyl sites for hydroxylation is 2. The summed E-state index contributed by atoms with van der Waals surface area (Å²) in [7, 11) is 2.03. The fraction of sp³-hybridized carbons (Fsp3) is 0.176. The van der Waals surface area contributed by atoms with Gasteiger partial charge in [0.15, 0.2) is 0 Å². The quantitative estimate of drug-likeness (QED) is 0.532. The zero-order chi connectivity index (χ0) is 14.1. The van der Waals surface area contributed by atoms with Crippen molar-refractivity contribution in [1.82, 2.24) is 0 Å². The molecule has 1 heterocycles. The number of carboxylic acid groups (broad SMARTS) is 1. The molecule has 0 N–H and O–H groups in total. The molecule has 0 radical (unpaired) electrons. The number of aromatic nitrogens is 1. The van der Waals surface area contributed by atoms with Gasteiger partial charge in [-0.2, -0.15) is 4.57 Å². The average molecular weight is 265 g/mol. The van der Waals surface area contributed by atoms with Gasteiger partial charge in [-0.15, -0.1) is 0 Å². The van der Waals surface area contributed by atoms with Crippen molar-refractivity contribution < 1.29 is 14.5 Å². The molecule has 3 aromatic rings. The number of rotatable bonds is 3. The summed E-state index contributed by atoms with van der Waals surface area (Å²) in [6.45, 7) is 0. The summed E-state index contributed by atoms with van der Waals surface area (Å²) < 4.78 is 2.15. The molecule has 0 fully saturated rings. The van der Waals surface area contributed by atoms with Gasteiger partial charge < -0.3 is 9.90 Å². The summed E-state index contributed by atoms with van der Waals surface area (Å²) >= 11 is 0. The Kier molecular flexibility index (Phi) is 3.11. The van der Waals surface area contributed by atoms with Crippen LogP contribution in [-0.2, 0) is 18.3 Å². The van der Waals surface area contributed by atoms with Gasteiger partial charge in [-0.3, -0.25) is 0 Å². The molecule has 100 valence electrons. The van der Waals surface area contributed by atoms with Gasteiger partial charge in [-0.25, -0.2) is 0 Å². The molecule has 0 atom stereocenters. The first kappa shape index (κ1) is 12.6. The summed E-state index contributed by atoms with van der Waals surface area (Å²) in [5.74, 6) is -1.01. The lowest BCUT2D eigenvalue weighted by atomic mass is 9.98. The van der Waals surface area contributed by atoms with Crippen LogP contribution in [0.15, 0.2) is 48.5 Å². The van der Waals surface area contributed by atoms with Gasteiger partial charge in [0.25, 0.3) is 0 Å². The number of para-hydroxylation sites is 2. The molecule has 1 aromatic heterocycles. The molecule has 0 bridgehead atoms. The highest BCUT2D eigenvalue weighted by molar-refractivity contribution is 5.94. The maximum Gasteiger partial charge on any atom is 0.213 e. The maximum absolute atomic E-state index is 10.8. The van der Waals surface area contributed by atoms with Gasteiger partial charge in [0.05, 0.1) is 10.8 Å². The molecule has 0 saturated heterocycles. The van der Waals surface area contributed by atoms with E-state index in [1.807, 2.05) is 43.4 Å². The van der Waals surface area contributed by atoms with Gasteiger partial charge in [0.2, 0.25) is 11.0 Å². The molecule has 3 nitrogen and oxygen atoms in total. The van der Waals surface area contributed by atoms with Crippen molar-refractivity contribution >= 4 is 27.8 Å². The summed E-state index contributed by atoms with van der Waals surface area (Å²) in [5, 5.41) is 13.0. The first-order valence-corrected chi connectivity index (χ1v) is 6.66. The molecule has 2 aromatic carbocycles. The summed E-state index contributed by atoms with van der Waals surface area (Å²) in [4.78, 5) is 10.8. The lowest BCUT2D eigenvalue weighted by Gasteiger charge is -2.10. The van der Waals surface area contributed by atoms with Crippen molar-refractivity contribution in [3.63, 3.8) is 0 Å². The predicted molar refractivity (Wildman–Crippen MR) is 76.0 cm³/mol. The van der Waals surface area contributed by atoms with E-state index in [9.17, 15) is 9.90 Å². The summed E-state index contributed by atoms with van der Waals surface area (Å²) in [6, 6.07) is 16.2. The molecule has 0 saturated carbocycles. The molecule has 20 heavy (non-hydrogen) atoms. The molecule has 0 aliphatic carbocycles. The van der Waals surface area contributed by atoms with E-state index < -0.39 is 5.97 Å². The van der Waals surface area contributed by atoms with Crippen molar-refractivity contribution in [3.05, 3.63) is 54.1 Å². The van der Waals surface area contributed by atoms with Gasteiger partial charge in [0, 0.05) is 18.1 Å². The van der Waals surface area contributed by atoms with Crippen LogP contribution in [0, 0.1) is 0 Å². The number of fused-ring (bicyclic) bond motifs is 2. The number of carboxylic acids is 1. The van der Waals surface area contributed by atoms with Crippen LogP contribution in [0.3, 0.4) is 0 Å². The third-order valence-corrected chi connectivity index (χ3v) is 3.76. The Balaban J connectivity index is 2.37. The van der Waals surface area contributed by atoms with E-state index in [-0.39, 0.29) is 6.42 Å². The van der Waals surface area contributed by atoms with E-state index in [4.69, 9.17) is 0 Å². The van der Waals surface area contributed by atoms with Crippen LogP contribution in [-0.4, -0.2) is 5.97 Å². The van der Waals surface area contributed by atoms with E-state index >= 15 is 0 Å². The second kappa shape index (κ2) is 4.93. The standard InChI is InChI=1S/C17H15NO2/c1-18-15-8-4-2-6-13(15)12(10-11-17(19)20)14-7-3-5-9-16(14)18/h2-9H,10-11H2,1H3. The van der Waals surface area contributed by atoms with Crippen LogP contribution < -0.4 is 9.67 Å². The number of carbonyl (C=O) groups excluding carboxylic acids is 1. The van der Waals surface area contributed by atoms with Gasteiger partial charge in [0.1, 0.15) is 7.05 Å². The van der Waals surface area contributed by atoms with E-state index in [1.165, 1.54) is 0 Å². The third kappa shape index (κ3) is 2.01. The van der Waals surface area contributed by atoms with Crippen LogP contribution in [0.5, 0.6) is 0 Å². The number of nitrogens with zero attached hydrogens (tertiary/aromatic N) is 1. The van der Waals surface area contributed by atoms with Crippen LogP contribution in [0.25, 0.3) is 21.8 Å². The Bertz CT molecular complexity index is 752. The van der Waals surface area contributed by atoms with Crippen molar-refractivity contribution in [2.75, 3.05) is 0 Å². The summed E-state index contributed by atoms with van der Waals surface area (Å²) in [6.07, 6.45) is 0.534. The Morgan fingerprint density at radius 3 is 2.00 bits per heavy atom. The molecule has 3 heteroatoms. The van der Waals surface area contributed by atoms with Crippen molar-refractivity contribution in [2.45, 2.75) is 12.8 Å². The lowest BCUT2D eigenvalue weighted by molar-refractivity contribution is -0.617. The monoisotopic (exact) mass is 265 g/mol. The van der Waals surface area contributed by atoms with E-state index in [2.05, 4.69) is 16.7 Å².